The van der Waals surface area contributed by atoms with Crippen molar-refractivity contribution in [2.45, 2.75) is 51.4 Å². The second-order valence-electron chi connectivity index (χ2n) is 8.35. The van der Waals surface area contributed by atoms with Crippen molar-refractivity contribution in [3.63, 3.8) is 0 Å². The normalized spacial score (nSPS) is 19.0. The van der Waals surface area contributed by atoms with E-state index >= 15 is 0 Å². The maximum atomic E-state index is 13.3. The van der Waals surface area contributed by atoms with E-state index in [-0.39, 0.29) is 5.82 Å². The van der Waals surface area contributed by atoms with E-state index in [2.05, 4.69) is 6.92 Å². The summed E-state index contributed by atoms with van der Waals surface area (Å²) in [4.78, 5) is 1.98. The van der Waals surface area contributed by atoms with Crippen molar-refractivity contribution >= 4 is 0 Å². The Morgan fingerprint density at radius 2 is 1.59 bits per heavy atom. The molecule has 1 saturated heterocycles. The van der Waals surface area contributed by atoms with Gasteiger partial charge >= 0.3 is 0 Å². The zero-order chi connectivity index (χ0) is 19.6. The molecule has 3 rings (SSSR count). The van der Waals surface area contributed by atoms with E-state index in [0.29, 0.717) is 5.92 Å². The van der Waals surface area contributed by atoms with Gasteiger partial charge in [0.2, 0.25) is 0 Å². The van der Waals surface area contributed by atoms with E-state index in [4.69, 9.17) is 0 Å². The lowest BCUT2D eigenvalue weighted by Gasteiger charge is -2.42. The maximum absolute atomic E-state index is 13.3. The standard InChI is InChI=1S/C23H30FNO2/c1-16-12-14-25(15-13-16)22(27)21(26)23(2,3)20-7-5-4-6-19(20)17-8-10-18(24)11-9-17/h4-11,16,21-22,26-27H,12-15H2,1-3H3. The van der Waals surface area contributed by atoms with Gasteiger partial charge in [0.15, 0.2) is 0 Å². The summed E-state index contributed by atoms with van der Waals surface area (Å²) < 4.78 is 13.3. The fourth-order valence-corrected chi connectivity index (χ4v) is 3.95. The number of rotatable bonds is 5. The van der Waals surface area contributed by atoms with Crippen LogP contribution in [-0.2, 0) is 5.41 Å². The van der Waals surface area contributed by atoms with Crippen molar-refractivity contribution < 1.29 is 14.6 Å². The first-order valence-corrected chi connectivity index (χ1v) is 9.76. The van der Waals surface area contributed by atoms with Gasteiger partial charge in [0.25, 0.3) is 0 Å². The third-order valence-corrected chi connectivity index (χ3v) is 5.99. The number of nitrogens with zero attached hydrogens (tertiary/aromatic N) is 1. The molecule has 2 unspecified atom stereocenters. The summed E-state index contributed by atoms with van der Waals surface area (Å²) in [6.07, 6.45) is 0.230. The minimum atomic E-state index is -0.937. The Bertz CT molecular complexity index is 751. The highest BCUT2D eigenvalue weighted by atomic mass is 19.1. The van der Waals surface area contributed by atoms with Crippen LogP contribution in [0.2, 0.25) is 0 Å². The van der Waals surface area contributed by atoms with Crippen LogP contribution in [0.4, 0.5) is 4.39 Å². The first-order valence-electron chi connectivity index (χ1n) is 9.76. The topological polar surface area (TPSA) is 43.7 Å². The number of piperidine rings is 1. The van der Waals surface area contributed by atoms with Crippen LogP contribution in [0.3, 0.4) is 0 Å². The number of hydrogen-bond acceptors (Lipinski definition) is 3. The van der Waals surface area contributed by atoms with Gasteiger partial charge in [-0.15, -0.1) is 0 Å². The molecular weight excluding hydrogens is 341 g/mol. The molecule has 0 bridgehead atoms. The van der Waals surface area contributed by atoms with Gasteiger partial charge in [0.1, 0.15) is 18.1 Å². The summed E-state index contributed by atoms with van der Waals surface area (Å²) in [6, 6.07) is 14.2. The van der Waals surface area contributed by atoms with E-state index in [1.54, 1.807) is 12.1 Å². The van der Waals surface area contributed by atoms with Crippen molar-refractivity contribution in [1.29, 1.82) is 0 Å². The molecule has 4 heteroatoms. The summed E-state index contributed by atoms with van der Waals surface area (Å²) in [5, 5.41) is 21.9. The van der Waals surface area contributed by atoms with Gasteiger partial charge in [-0.3, -0.25) is 4.90 Å². The zero-order valence-corrected chi connectivity index (χ0v) is 16.4. The Kier molecular flexibility index (Phi) is 5.99. The van der Waals surface area contributed by atoms with Crippen LogP contribution in [0.1, 0.15) is 39.2 Å². The second-order valence-corrected chi connectivity index (χ2v) is 8.35. The molecule has 0 aromatic heterocycles. The lowest BCUT2D eigenvalue weighted by molar-refractivity contribution is -0.116. The van der Waals surface area contributed by atoms with Gasteiger partial charge in [0, 0.05) is 18.5 Å². The molecule has 1 aliphatic heterocycles. The molecule has 0 amide bonds. The van der Waals surface area contributed by atoms with Crippen LogP contribution in [0.25, 0.3) is 11.1 Å². The minimum Gasteiger partial charge on any atom is -0.388 e. The highest BCUT2D eigenvalue weighted by Crippen LogP contribution is 2.37. The molecule has 0 spiro atoms. The summed E-state index contributed by atoms with van der Waals surface area (Å²) in [7, 11) is 0. The Labute approximate surface area is 161 Å². The predicted octanol–water partition coefficient (Wildman–Crippen LogP) is 4.18. The first kappa shape index (κ1) is 20.0. The van der Waals surface area contributed by atoms with E-state index in [9.17, 15) is 14.6 Å². The molecule has 2 N–H and O–H groups in total. The third kappa shape index (κ3) is 4.23. The highest BCUT2D eigenvalue weighted by Gasteiger charge is 2.39. The summed E-state index contributed by atoms with van der Waals surface area (Å²) in [6.45, 7) is 7.73. The Morgan fingerprint density at radius 3 is 2.22 bits per heavy atom. The molecule has 27 heavy (non-hydrogen) atoms. The quantitative estimate of drug-likeness (QED) is 0.829. The predicted molar refractivity (Wildman–Crippen MR) is 107 cm³/mol. The van der Waals surface area contributed by atoms with Gasteiger partial charge in [-0.05, 0) is 47.6 Å². The van der Waals surface area contributed by atoms with Gasteiger partial charge in [-0.2, -0.15) is 0 Å². The van der Waals surface area contributed by atoms with E-state index in [1.807, 2.05) is 43.0 Å². The molecular formula is C23H30FNO2. The van der Waals surface area contributed by atoms with E-state index in [0.717, 1.165) is 42.6 Å². The molecule has 0 saturated carbocycles. The molecule has 2 atom stereocenters. The summed E-state index contributed by atoms with van der Waals surface area (Å²) in [5.41, 5.74) is 2.11. The van der Waals surface area contributed by atoms with Gasteiger partial charge in [0.05, 0.1) is 0 Å². The van der Waals surface area contributed by atoms with Crippen molar-refractivity contribution in [3.05, 3.63) is 59.9 Å². The third-order valence-electron chi connectivity index (χ3n) is 5.99. The molecule has 2 aromatic rings. The smallest absolute Gasteiger partial charge is 0.134 e. The largest absolute Gasteiger partial charge is 0.388 e. The fourth-order valence-electron chi connectivity index (χ4n) is 3.95. The fraction of sp³-hybridized carbons (Fsp3) is 0.478. The minimum absolute atomic E-state index is 0.273. The monoisotopic (exact) mass is 371 g/mol. The Balaban J connectivity index is 1.89. The van der Waals surface area contributed by atoms with Gasteiger partial charge in [-0.1, -0.05) is 57.2 Å². The summed E-state index contributed by atoms with van der Waals surface area (Å²) >= 11 is 0. The molecule has 3 nitrogen and oxygen atoms in total. The molecule has 1 aliphatic rings. The SMILES string of the molecule is CC1CCN(C(O)C(O)C(C)(C)c2ccccc2-c2ccc(F)cc2)CC1. The number of halogens is 1. The van der Waals surface area contributed by atoms with Crippen LogP contribution < -0.4 is 0 Å². The average Bonchev–Trinajstić information content (AvgIpc) is 2.68. The molecule has 2 aromatic carbocycles. The first-order chi connectivity index (χ1) is 12.8. The van der Waals surface area contributed by atoms with Crippen molar-refractivity contribution in [2.24, 2.45) is 5.92 Å². The van der Waals surface area contributed by atoms with Gasteiger partial charge < -0.3 is 10.2 Å². The van der Waals surface area contributed by atoms with Crippen LogP contribution in [0.5, 0.6) is 0 Å². The molecule has 0 radical (unpaired) electrons. The number of hydrogen-bond donors (Lipinski definition) is 2. The number of benzene rings is 2. The molecule has 0 aliphatic carbocycles. The van der Waals surface area contributed by atoms with Crippen LogP contribution in [0, 0.1) is 11.7 Å². The number of aliphatic hydroxyl groups excluding tert-OH is 2. The van der Waals surface area contributed by atoms with Crippen LogP contribution >= 0.6 is 0 Å². The Hall–Kier alpha value is -1.75. The zero-order valence-electron chi connectivity index (χ0n) is 16.4. The van der Waals surface area contributed by atoms with Crippen molar-refractivity contribution in [3.8, 4) is 11.1 Å². The van der Waals surface area contributed by atoms with Crippen molar-refractivity contribution in [2.75, 3.05) is 13.1 Å². The molecule has 146 valence electrons. The highest BCUT2D eigenvalue weighted by molar-refractivity contribution is 5.69. The molecule has 1 heterocycles. The molecule has 1 fully saturated rings. The van der Waals surface area contributed by atoms with Crippen molar-refractivity contribution in [1.82, 2.24) is 4.90 Å². The second kappa shape index (κ2) is 8.09. The van der Waals surface area contributed by atoms with E-state index in [1.165, 1.54) is 12.1 Å². The lowest BCUT2D eigenvalue weighted by atomic mass is 9.75. The average molecular weight is 371 g/mol. The van der Waals surface area contributed by atoms with Gasteiger partial charge in [-0.25, -0.2) is 4.39 Å². The number of likely N-dealkylation sites (tertiary alicyclic amines) is 1. The number of aliphatic hydroxyl groups is 2. The maximum Gasteiger partial charge on any atom is 0.134 e. The van der Waals surface area contributed by atoms with E-state index < -0.39 is 17.7 Å². The summed E-state index contributed by atoms with van der Waals surface area (Å²) in [5.74, 6) is 0.392. The van der Waals surface area contributed by atoms with Crippen LogP contribution in [-0.4, -0.2) is 40.5 Å². The Morgan fingerprint density at radius 1 is 1.00 bits per heavy atom. The van der Waals surface area contributed by atoms with Crippen LogP contribution in [0.15, 0.2) is 48.5 Å². The lowest BCUT2D eigenvalue weighted by Crippen LogP contribution is -2.53.